The van der Waals surface area contributed by atoms with Crippen molar-refractivity contribution in [1.82, 2.24) is 0 Å². The molecule has 31 heavy (non-hydrogen) atoms. The molecule has 0 unspecified atom stereocenters. The predicted molar refractivity (Wildman–Crippen MR) is 129 cm³/mol. The molecular weight excluding hydrogens is 452 g/mol. The molecule has 166 valence electrons. The van der Waals surface area contributed by atoms with Crippen LogP contribution in [0, 0.1) is 22.2 Å². The van der Waals surface area contributed by atoms with Crippen molar-refractivity contribution in [3.8, 4) is 0 Å². The normalized spacial score (nSPS) is 23.0. The van der Waals surface area contributed by atoms with Gasteiger partial charge in [-0.05, 0) is 29.4 Å². The molecule has 1 spiro atoms. The van der Waals surface area contributed by atoms with Gasteiger partial charge >= 0.3 is 5.97 Å². The van der Waals surface area contributed by atoms with Gasteiger partial charge in [-0.25, -0.2) is 0 Å². The van der Waals surface area contributed by atoms with E-state index in [1.807, 2.05) is 31.2 Å². The zero-order valence-corrected chi connectivity index (χ0v) is 21.2. The minimum absolute atomic E-state index is 0.0750. The molecule has 2 aliphatic carbocycles. The first-order valence-corrected chi connectivity index (χ1v) is 11.7. The quantitative estimate of drug-likeness (QED) is 0.350. The number of benzene rings is 1. The summed E-state index contributed by atoms with van der Waals surface area (Å²) in [5.74, 6) is -0.768. The fraction of sp³-hybridized carbons (Fsp3) is 0.481. The number of Topliss-reactive ketones (excluding diaryl/α,β-unsaturated/α-hetero) is 1. The monoisotopic (exact) mass is 484 g/mol. The van der Waals surface area contributed by atoms with Crippen LogP contribution in [0.1, 0.15) is 59.9 Å². The number of carbonyl (C=O) groups excluding carboxylic acids is 2. The summed E-state index contributed by atoms with van der Waals surface area (Å²) in [5, 5.41) is 0. The predicted octanol–water partition coefficient (Wildman–Crippen LogP) is 6.80. The second-order valence-corrected chi connectivity index (χ2v) is 11.4. The number of carbonyl (C=O) groups is 2. The van der Waals surface area contributed by atoms with E-state index in [0.29, 0.717) is 6.61 Å². The Morgan fingerprint density at radius 1 is 1.00 bits per heavy atom. The maximum atomic E-state index is 13.6. The molecule has 0 aromatic heterocycles. The minimum atomic E-state index is -0.699. The fourth-order valence-electron chi connectivity index (χ4n) is 4.66. The summed E-state index contributed by atoms with van der Waals surface area (Å²) in [4.78, 5) is 26.7. The lowest BCUT2D eigenvalue weighted by atomic mass is 9.59. The Morgan fingerprint density at radius 3 is 2.03 bits per heavy atom. The molecule has 0 fully saturated rings. The standard InChI is InChI=1S/C27H33BrO3/c1-8-31-24(30)19-14-13-18(17-11-9-10-12-22(17)28)27(19)15-20(25(2,3)4)23(29)21(16-27)26(5,6)7/h9-16,18-19H,8H2,1-7H3/t18-,19-/m1/s1. The molecule has 3 nitrogen and oxygen atoms in total. The molecule has 3 rings (SSSR count). The maximum Gasteiger partial charge on any atom is 0.314 e. The molecule has 4 heteroatoms. The third-order valence-corrected chi connectivity index (χ3v) is 6.97. The van der Waals surface area contributed by atoms with Gasteiger partial charge in [-0.2, -0.15) is 0 Å². The van der Waals surface area contributed by atoms with Crippen LogP contribution in [0.3, 0.4) is 0 Å². The summed E-state index contributed by atoms with van der Waals surface area (Å²) in [5.41, 5.74) is 1.21. The highest BCUT2D eigenvalue weighted by Gasteiger charge is 2.53. The Labute approximate surface area is 194 Å². The summed E-state index contributed by atoms with van der Waals surface area (Å²) in [7, 11) is 0. The largest absolute Gasteiger partial charge is 0.466 e. The highest BCUT2D eigenvalue weighted by Crippen LogP contribution is 2.57. The molecule has 0 bridgehead atoms. The summed E-state index contributed by atoms with van der Waals surface area (Å²) >= 11 is 3.71. The molecule has 0 aliphatic heterocycles. The van der Waals surface area contributed by atoms with Gasteiger partial charge in [-0.1, -0.05) is 100.0 Å². The van der Waals surface area contributed by atoms with Crippen LogP contribution in [0.5, 0.6) is 0 Å². The van der Waals surface area contributed by atoms with Gasteiger partial charge in [0.15, 0.2) is 5.78 Å². The Hall–Kier alpha value is -1.94. The average molecular weight is 485 g/mol. The van der Waals surface area contributed by atoms with Gasteiger partial charge in [0.25, 0.3) is 0 Å². The van der Waals surface area contributed by atoms with E-state index in [1.165, 1.54) is 0 Å². The molecule has 0 amide bonds. The average Bonchev–Trinajstić information content (AvgIpc) is 3.00. The molecule has 0 radical (unpaired) electrons. The zero-order valence-electron chi connectivity index (χ0n) is 19.6. The van der Waals surface area contributed by atoms with E-state index in [2.05, 4.69) is 81.8 Å². The summed E-state index contributed by atoms with van der Waals surface area (Å²) in [6.45, 7) is 14.5. The summed E-state index contributed by atoms with van der Waals surface area (Å²) < 4.78 is 6.48. The van der Waals surface area contributed by atoms with Crippen molar-refractivity contribution in [3.63, 3.8) is 0 Å². The van der Waals surface area contributed by atoms with Crippen LogP contribution < -0.4 is 0 Å². The van der Waals surface area contributed by atoms with Crippen molar-refractivity contribution in [2.45, 2.75) is 54.4 Å². The van der Waals surface area contributed by atoms with Gasteiger partial charge in [-0.15, -0.1) is 0 Å². The summed E-state index contributed by atoms with van der Waals surface area (Å²) in [6, 6.07) is 8.10. The highest BCUT2D eigenvalue weighted by atomic mass is 79.9. The van der Waals surface area contributed by atoms with Gasteiger partial charge < -0.3 is 4.74 Å². The minimum Gasteiger partial charge on any atom is -0.466 e. The molecule has 2 aliphatic rings. The zero-order chi connectivity index (χ0) is 23.2. The second kappa shape index (κ2) is 8.20. The Bertz CT molecular complexity index is 948. The third kappa shape index (κ3) is 4.24. The number of hydrogen-bond donors (Lipinski definition) is 0. The van der Waals surface area contributed by atoms with Crippen LogP contribution in [-0.4, -0.2) is 18.4 Å². The molecule has 1 aromatic carbocycles. The first-order chi connectivity index (χ1) is 14.3. The molecular formula is C27H33BrO3. The topological polar surface area (TPSA) is 43.4 Å². The Balaban J connectivity index is 2.34. The molecule has 0 saturated heterocycles. The van der Waals surface area contributed by atoms with Crippen LogP contribution in [0.4, 0.5) is 0 Å². The number of ketones is 1. The van der Waals surface area contributed by atoms with E-state index in [4.69, 9.17) is 4.74 Å². The lowest BCUT2D eigenvalue weighted by molar-refractivity contribution is -0.148. The molecule has 0 heterocycles. The molecule has 0 N–H and O–H groups in total. The summed E-state index contributed by atoms with van der Waals surface area (Å²) in [6.07, 6.45) is 8.20. The smallest absolute Gasteiger partial charge is 0.314 e. The number of allylic oxidation sites excluding steroid dienone is 5. The van der Waals surface area contributed by atoms with Crippen LogP contribution >= 0.6 is 15.9 Å². The van der Waals surface area contributed by atoms with Crippen molar-refractivity contribution in [2.24, 2.45) is 22.2 Å². The van der Waals surface area contributed by atoms with E-state index < -0.39 is 11.3 Å². The van der Waals surface area contributed by atoms with Crippen LogP contribution in [0.15, 0.2) is 64.2 Å². The number of halogens is 1. The van der Waals surface area contributed by atoms with Crippen molar-refractivity contribution >= 4 is 27.7 Å². The number of rotatable bonds is 3. The maximum absolute atomic E-state index is 13.6. The van der Waals surface area contributed by atoms with Gasteiger partial charge in [0.05, 0.1) is 12.5 Å². The van der Waals surface area contributed by atoms with E-state index in [9.17, 15) is 9.59 Å². The lowest BCUT2D eigenvalue weighted by Gasteiger charge is -2.43. The molecule has 0 saturated carbocycles. The van der Waals surface area contributed by atoms with Gasteiger partial charge in [0.2, 0.25) is 0 Å². The Morgan fingerprint density at radius 2 is 1.55 bits per heavy atom. The Kier molecular flexibility index (Phi) is 6.27. The molecule has 2 atom stereocenters. The van der Waals surface area contributed by atoms with E-state index in [1.54, 1.807) is 0 Å². The lowest BCUT2D eigenvalue weighted by Crippen LogP contribution is -2.41. The van der Waals surface area contributed by atoms with Crippen LogP contribution in [-0.2, 0) is 14.3 Å². The first kappa shape index (κ1) is 23.7. The number of esters is 1. The van der Waals surface area contributed by atoms with Crippen LogP contribution in [0.2, 0.25) is 0 Å². The van der Waals surface area contributed by atoms with E-state index in [-0.39, 0.29) is 28.5 Å². The highest BCUT2D eigenvalue weighted by molar-refractivity contribution is 9.10. The van der Waals surface area contributed by atoms with Crippen molar-refractivity contribution < 1.29 is 14.3 Å². The number of hydrogen-bond acceptors (Lipinski definition) is 3. The van der Waals surface area contributed by atoms with Gasteiger partial charge in [-0.3, -0.25) is 9.59 Å². The van der Waals surface area contributed by atoms with Crippen molar-refractivity contribution in [1.29, 1.82) is 0 Å². The van der Waals surface area contributed by atoms with Crippen LogP contribution in [0.25, 0.3) is 0 Å². The fourth-order valence-corrected chi connectivity index (χ4v) is 5.19. The SMILES string of the molecule is CCOC(=O)[C@H]1C=C[C@H](c2ccccc2Br)C12C=C(C(C)(C)C)C(=O)C(C(C)(C)C)=C2. The van der Waals surface area contributed by atoms with Crippen molar-refractivity contribution in [3.05, 3.63) is 69.8 Å². The van der Waals surface area contributed by atoms with Crippen molar-refractivity contribution in [2.75, 3.05) is 6.61 Å². The van der Waals surface area contributed by atoms with Gasteiger partial charge in [0.1, 0.15) is 0 Å². The molecule has 1 aromatic rings. The van der Waals surface area contributed by atoms with E-state index >= 15 is 0 Å². The van der Waals surface area contributed by atoms with E-state index in [0.717, 1.165) is 21.2 Å². The number of ether oxygens (including phenoxy) is 1. The van der Waals surface area contributed by atoms with Gasteiger partial charge in [0, 0.05) is 27.0 Å². The first-order valence-electron chi connectivity index (χ1n) is 10.9. The third-order valence-electron chi connectivity index (χ3n) is 6.25. The second-order valence-electron chi connectivity index (χ2n) is 10.6.